The van der Waals surface area contributed by atoms with E-state index in [1.165, 1.54) is 0 Å². The number of benzene rings is 3. The second-order valence-corrected chi connectivity index (χ2v) is 9.87. The van der Waals surface area contributed by atoms with Crippen molar-refractivity contribution >= 4 is 15.9 Å². The van der Waals surface area contributed by atoms with E-state index in [-0.39, 0.29) is 24.3 Å². The van der Waals surface area contributed by atoms with E-state index >= 15 is 0 Å². The number of rotatable bonds is 6. The Morgan fingerprint density at radius 2 is 1.55 bits per heavy atom. The smallest absolute Gasteiger partial charge is 0.407 e. The zero-order valence-corrected chi connectivity index (χ0v) is 17.9. The van der Waals surface area contributed by atoms with E-state index < -0.39 is 15.9 Å². The Morgan fingerprint density at radius 1 is 0.903 bits per heavy atom. The molecule has 160 valence electrons. The van der Waals surface area contributed by atoms with Gasteiger partial charge in [0.05, 0.1) is 10.6 Å². The van der Waals surface area contributed by atoms with Gasteiger partial charge in [-0.3, -0.25) is 0 Å². The number of carbonyl (C=O) groups is 1. The van der Waals surface area contributed by atoms with Crippen LogP contribution in [0.1, 0.15) is 29.0 Å². The second-order valence-electron chi connectivity index (χ2n) is 7.83. The SMILES string of the molecule is O=C(N[C@H]1Cc2ccccc2[C@@H](CS(=O)(=O)c2ccccc2)C1)OCc1ccccc1. The average molecular weight is 436 g/mol. The lowest BCUT2D eigenvalue weighted by Crippen LogP contribution is -2.41. The first-order valence-corrected chi connectivity index (χ1v) is 12.0. The maximum atomic E-state index is 13.0. The highest BCUT2D eigenvalue weighted by Crippen LogP contribution is 2.34. The van der Waals surface area contributed by atoms with Gasteiger partial charge < -0.3 is 10.1 Å². The summed E-state index contributed by atoms with van der Waals surface area (Å²) in [6.45, 7) is 0.196. The lowest BCUT2D eigenvalue weighted by Gasteiger charge is -2.31. The van der Waals surface area contributed by atoms with Gasteiger partial charge in [0, 0.05) is 12.0 Å². The van der Waals surface area contributed by atoms with Gasteiger partial charge in [-0.2, -0.15) is 0 Å². The number of sulfone groups is 1. The van der Waals surface area contributed by atoms with Gasteiger partial charge in [0.2, 0.25) is 0 Å². The quantitative estimate of drug-likeness (QED) is 0.619. The number of ether oxygens (including phenoxy) is 1. The first-order chi connectivity index (χ1) is 15.0. The fraction of sp³-hybridized carbons (Fsp3) is 0.240. The normalized spacial score (nSPS) is 18.1. The molecule has 0 bridgehead atoms. The number of carbonyl (C=O) groups excluding carboxylic acids is 1. The van der Waals surface area contributed by atoms with Gasteiger partial charge in [0.15, 0.2) is 9.84 Å². The summed E-state index contributed by atoms with van der Waals surface area (Å²) in [5, 5.41) is 2.93. The third kappa shape index (κ3) is 5.33. The highest BCUT2D eigenvalue weighted by Gasteiger charge is 2.31. The maximum Gasteiger partial charge on any atom is 0.407 e. The molecule has 1 aliphatic rings. The van der Waals surface area contributed by atoms with E-state index in [0.717, 1.165) is 16.7 Å². The van der Waals surface area contributed by atoms with Gasteiger partial charge in [0.1, 0.15) is 6.61 Å². The maximum absolute atomic E-state index is 13.0. The number of fused-ring (bicyclic) bond motifs is 1. The molecule has 0 saturated carbocycles. The topological polar surface area (TPSA) is 72.5 Å². The molecule has 0 fully saturated rings. The summed E-state index contributed by atoms with van der Waals surface area (Å²) >= 11 is 0. The predicted octanol–water partition coefficient (Wildman–Crippen LogP) is 4.49. The molecule has 3 aromatic carbocycles. The highest BCUT2D eigenvalue weighted by atomic mass is 32.2. The van der Waals surface area contributed by atoms with Gasteiger partial charge in [0.25, 0.3) is 0 Å². The molecule has 4 rings (SSSR count). The lowest BCUT2D eigenvalue weighted by atomic mass is 9.81. The largest absolute Gasteiger partial charge is 0.445 e. The zero-order valence-electron chi connectivity index (χ0n) is 17.1. The molecule has 1 amide bonds. The van der Waals surface area contributed by atoms with Crippen LogP contribution in [0.5, 0.6) is 0 Å². The molecule has 6 heteroatoms. The fourth-order valence-electron chi connectivity index (χ4n) is 4.13. The van der Waals surface area contributed by atoms with E-state index in [1.807, 2.05) is 54.6 Å². The van der Waals surface area contributed by atoms with Crippen LogP contribution in [-0.4, -0.2) is 26.3 Å². The molecule has 1 N–H and O–H groups in total. The third-order valence-corrected chi connectivity index (χ3v) is 7.42. The minimum atomic E-state index is -3.44. The van der Waals surface area contributed by atoms with Crippen molar-refractivity contribution in [3.05, 3.63) is 102 Å². The molecule has 31 heavy (non-hydrogen) atoms. The molecule has 0 aliphatic heterocycles. The summed E-state index contributed by atoms with van der Waals surface area (Å²) in [6, 6.07) is 25.7. The van der Waals surface area contributed by atoms with Crippen LogP contribution in [0.15, 0.2) is 89.8 Å². The van der Waals surface area contributed by atoms with Crippen molar-refractivity contribution in [1.29, 1.82) is 0 Å². The third-order valence-electron chi connectivity index (χ3n) is 5.59. The van der Waals surface area contributed by atoms with Gasteiger partial charge in [-0.15, -0.1) is 0 Å². The molecule has 2 atom stereocenters. The fourth-order valence-corrected chi connectivity index (χ4v) is 5.74. The number of amides is 1. The first-order valence-electron chi connectivity index (χ1n) is 10.3. The van der Waals surface area contributed by atoms with Gasteiger partial charge in [-0.1, -0.05) is 72.8 Å². The molecular formula is C25H25NO4S. The Hall–Kier alpha value is -3.12. The van der Waals surface area contributed by atoms with E-state index in [2.05, 4.69) is 5.32 Å². The number of hydrogen-bond acceptors (Lipinski definition) is 4. The molecule has 0 heterocycles. The monoisotopic (exact) mass is 435 g/mol. The van der Waals surface area contributed by atoms with E-state index in [1.54, 1.807) is 30.3 Å². The van der Waals surface area contributed by atoms with E-state index in [0.29, 0.717) is 17.7 Å². The standard InChI is InChI=1S/C25H25NO4S/c27-25(30-17-19-9-3-1-4-10-19)26-22-15-20-11-7-8-14-24(20)21(16-22)18-31(28,29)23-12-5-2-6-13-23/h1-14,21-22H,15-18H2,(H,26,27)/t21-,22+/m1/s1. The zero-order chi connectivity index (χ0) is 21.7. The van der Waals surface area contributed by atoms with Crippen LogP contribution in [-0.2, 0) is 27.6 Å². The van der Waals surface area contributed by atoms with Crippen molar-refractivity contribution in [2.75, 3.05) is 5.75 Å². The summed E-state index contributed by atoms with van der Waals surface area (Å²) in [5.41, 5.74) is 3.02. The van der Waals surface area contributed by atoms with E-state index in [4.69, 9.17) is 4.74 Å². The molecule has 0 unspecified atom stereocenters. The van der Waals surface area contributed by atoms with Crippen LogP contribution in [0, 0.1) is 0 Å². The Kier molecular flexibility index (Phi) is 6.37. The lowest BCUT2D eigenvalue weighted by molar-refractivity contribution is 0.134. The first kappa shape index (κ1) is 21.1. The number of alkyl carbamates (subject to hydrolysis) is 1. The van der Waals surface area contributed by atoms with Crippen molar-refractivity contribution in [3.8, 4) is 0 Å². The summed E-state index contributed by atoms with van der Waals surface area (Å²) in [7, 11) is -3.44. The van der Waals surface area contributed by atoms with Crippen molar-refractivity contribution in [2.45, 2.75) is 36.3 Å². The Labute approximate surface area is 183 Å². The number of hydrogen-bond donors (Lipinski definition) is 1. The highest BCUT2D eigenvalue weighted by molar-refractivity contribution is 7.91. The van der Waals surface area contributed by atoms with Crippen LogP contribution in [0.25, 0.3) is 0 Å². The summed E-state index contributed by atoms with van der Waals surface area (Å²) in [5.74, 6) is -0.194. The number of nitrogens with one attached hydrogen (secondary N) is 1. The van der Waals surface area contributed by atoms with Crippen LogP contribution >= 0.6 is 0 Å². The summed E-state index contributed by atoms with van der Waals surface area (Å²) < 4.78 is 31.3. The Balaban J connectivity index is 1.46. The molecule has 1 aliphatic carbocycles. The van der Waals surface area contributed by atoms with E-state index in [9.17, 15) is 13.2 Å². The molecule has 0 spiro atoms. The van der Waals surface area contributed by atoms with Crippen molar-refractivity contribution in [1.82, 2.24) is 5.32 Å². The minimum absolute atomic E-state index is 0.00523. The van der Waals surface area contributed by atoms with Crippen LogP contribution in [0.4, 0.5) is 4.79 Å². The average Bonchev–Trinajstić information content (AvgIpc) is 2.79. The molecule has 3 aromatic rings. The van der Waals surface area contributed by atoms with Gasteiger partial charge >= 0.3 is 6.09 Å². The van der Waals surface area contributed by atoms with Crippen LogP contribution in [0.2, 0.25) is 0 Å². The van der Waals surface area contributed by atoms with Crippen molar-refractivity contribution in [3.63, 3.8) is 0 Å². The Bertz CT molecular complexity index is 1130. The van der Waals surface area contributed by atoms with Gasteiger partial charge in [-0.25, -0.2) is 13.2 Å². The van der Waals surface area contributed by atoms with Crippen molar-refractivity contribution in [2.24, 2.45) is 0 Å². The molecular weight excluding hydrogens is 410 g/mol. The van der Waals surface area contributed by atoms with Crippen LogP contribution in [0.3, 0.4) is 0 Å². The minimum Gasteiger partial charge on any atom is -0.445 e. The molecule has 0 radical (unpaired) electrons. The predicted molar refractivity (Wildman–Crippen MR) is 120 cm³/mol. The van der Waals surface area contributed by atoms with Crippen LogP contribution < -0.4 is 5.32 Å². The molecule has 5 nitrogen and oxygen atoms in total. The molecule has 0 aromatic heterocycles. The summed E-state index contributed by atoms with van der Waals surface area (Å²) in [4.78, 5) is 12.7. The van der Waals surface area contributed by atoms with Gasteiger partial charge in [-0.05, 0) is 41.7 Å². The van der Waals surface area contributed by atoms with Crippen molar-refractivity contribution < 1.29 is 17.9 Å². The Morgan fingerprint density at radius 3 is 2.29 bits per heavy atom. The second kappa shape index (κ2) is 9.35. The molecule has 0 saturated heterocycles. The summed E-state index contributed by atoms with van der Waals surface area (Å²) in [6.07, 6.45) is 0.708.